The van der Waals surface area contributed by atoms with E-state index in [-0.39, 0.29) is 18.3 Å². The molecule has 2 aromatic carbocycles. The van der Waals surface area contributed by atoms with Crippen molar-refractivity contribution in [2.24, 2.45) is 0 Å². The number of aromatic nitrogens is 3. The van der Waals surface area contributed by atoms with E-state index in [4.69, 9.17) is 27.9 Å². The molecule has 1 heterocycles. The number of halogens is 3. The zero-order chi connectivity index (χ0) is 22.5. The lowest BCUT2D eigenvalue weighted by Crippen LogP contribution is -2.15. The molecule has 0 fully saturated rings. The van der Waals surface area contributed by atoms with Crippen LogP contribution in [-0.2, 0) is 17.9 Å². The molecule has 0 aliphatic heterocycles. The molecule has 0 saturated carbocycles. The molecule has 0 radical (unpaired) electrons. The Kier molecular flexibility index (Phi) is 8.27. The SMILES string of the molecule is CCn1c(COc2cc(C)c(Cl)c(C)c2)nnc1SCC(=O)Nc1ccc(Br)cc1Cl. The van der Waals surface area contributed by atoms with Crippen molar-refractivity contribution in [2.45, 2.75) is 39.1 Å². The van der Waals surface area contributed by atoms with Crippen LogP contribution in [0.3, 0.4) is 0 Å². The van der Waals surface area contributed by atoms with Gasteiger partial charge < -0.3 is 14.6 Å². The first kappa shape index (κ1) is 23.9. The van der Waals surface area contributed by atoms with Crippen molar-refractivity contribution in [3.8, 4) is 5.75 Å². The molecule has 164 valence electrons. The molecule has 0 atom stereocenters. The van der Waals surface area contributed by atoms with Crippen LogP contribution in [0, 0.1) is 13.8 Å². The number of hydrogen-bond acceptors (Lipinski definition) is 5. The highest BCUT2D eigenvalue weighted by atomic mass is 79.9. The highest BCUT2D eigenvalue weighted by molar-refractivity contribution is 9.10. The topological polar surface area (TPSA) is 69.0 Å². The average Bonchev–Trinajstić information content (AvgIpc) is 3.12. The van der Waals surface area contributed by atoms with Crippen LogP contribution in [-0.4, -0.2) is 26.4 Å². The number of anilines is 1. The summed E-state index contributed by atoms with van der Waals surface area (Å²) in [6, 6.07) is 9.09. The Hall–Kier alpha value is -1.74. The highest BCUT2D eigenvalue weighted by Gasteiger charge is 2.15. The molecule has 3 aromatic rings. The third kappa shape index (κ3) is 6.16. The van der Waals surface area contributed by atoms with Gasteiger partial charge in [0.05, 0.1) is 16.5 Å². The summed E-state index contributed by atoms with van der Waals surface area (Å²) in [4.78, 5) is 12.3. The van der Waals surface area contributed by atoms with E-state index in [0.717, 1.165) is 26.4 Å². The molecule has 1 aromatic heterocycles. The van der Waals surface area contributed by atoms with Crippen molar-refractivity contribution >= 4 is 62.5 Å². The van der Waals surface area contributed by atoms with Crippen LogP contribution >= 0.6 is 50.9 Å². The Morgan fingerprint density at radius 2 is 1.90 bits per heavy atom. The quantitative estimate of drug-likeness (QED) is 0.338. The second kappa shape index (κ2) is 10.7. The number of amides is 1. The van der Waals surface area contributed by atoms with Crippen LogP contribution in [0.4, 0.5) is 5.69 Å². The number of aryl methyl sites for hydroxylation is 2. The maximum Gasteiger partial charge on any atom is 0.234 e. The number of hydrogen-bond donors (Lipinski definition) is 1. The zero-order valence-electron chi connectivity index (χ0n) is 17.2. The van der Waals surface area contributed by atoms with E-state index in [0.29, 0.717) is 28.2 Å². The monoisotopic (exact) mass is 542 g/mol. The first-order valence-corrected chi connectivity index (χ1v) is 12.0. The normalized spacial score (nSPS) is 10.9. The summed E-state index contributed by atoms with van der Waals surface area (Å²) in [5, 5.41) is 13.1. The second-order valence-electron chi connectivity index (χ2n) is 6.76. The third-order valence-electron chi connectivity index (χ3n) is 4.43. The summed E-state index contributed by atoms with van der Waals surface area (Å²) in [6.07, 6.45) is 0. The van der Waals surface area contributed by atoms with Gasteiger partial charge in [-0.15, -0.1) is 10.2 Å². The molecular formula is C21H21BrCl2N4O2S. The summed E-state index contributed by atoms with van der Waals surface area (Å²) in [5.74, 6) is 1.42. The van der Waals surface area contributed by atoms with E-state index in [9.17, 15) is 4.79 Å². The minimum absolute atomic E-state index is 0.176. The van der Waals surface area contributed by atoms with Gasteiger partial charge in [0.15, 0.2) is 11.0 Å². The van der Waals surface area contributed by atoms with Crippen LogP contribution in [0.1, 0.15) is 23.9 Å². The third-order valence-corrected chi connectivity index (χ3v) is 6.79. The van der Waals surface area contributed by atoms with Gasteiger partial charge in [-0.3, -0.25) is 4.79 Å². The number of carbonyl (C=O) groups is 1. The first-order chi connectivity index (χ1) is 14.8. The molecule has 0 spiro atoms. The van der Waals surface area contributed by atoms with Crippen molar-refractivity contribution in [3.63, 3.8) is 0 Å². The lowest BCUT2D eigenvalue weighted by molar-refractivity contribution is -0.113. The molecule has 31 heavy (non-hydrogen) atoms. The van der Waals surface area contributed by atoms with Crippen LogP contribution in [0.2, 0.25) is 10.0 Å². The molecule has 1 amide bonds. The van der Waals surface area contributed by atoms with Gasteiger partial charge in [0.1, 0.15) is 12.4 Å². The van der Waals surface area contributed by atoms with E-state index in [1.807, 2.05) is 43.5 Å². The lowest BCUT2D eigenvalue weighted by atomic mass is 10.1. The van der Waals surface area contributed by atoms with Crippen LogP contribution in [0.25, 0.3) is 0 Å². The minimum atomic E-state index is -0.176. The van der Waals surface area contributed by atoms with E-state index >= 15 is 0 Å². The van der Waals surface area contributed by atoms with Crippen molar-refractivity contribution in [1.29, 1.82) is 0 Å². The van der Waals surface area contributed by atoms with Gasteiger partial charge in [0.25, 0.3) is 0 Å². The predicted molar refractivity (Wildman–Crippen MR) is 129 cm³/mol. The fraction of sp³-hybridized carbons (Fsp3) is 0.286. The van der Waals surface area contributed by atoms with Gasteiger partial charge in [0, 0.05) is 16.0 Å². The molecule has 6 nitrogen and oxygen atoms in total. The molecular weight excluding hydrogens is 523 g/mol. The fourth-order valence-electron chi connectivity index (χ4n) is 2.89. The zero-order valence-corrected chi connectivity index (χ0v) is 21.1. The molecule has 0 bridgehead atoms. The number of benzene rings is 2. The Bertz CT molecular complexity index is 1080. The van der Waals surface area contributed by atoms with Crippen molar-refractivity contribution in [1.82, 2.24) is 14.8 Å². The van der Waals surface area contributed by atoms with Gasteiger partial charge in [-0.05, 0) is 62.2 Å². The number of ether oxygens (including phenoxy) is 1. The summed E-state index contributed by atoms with van der Waals surface area (Å²) >= 11 is 17.0. The lowest BCUT2D eigenvalue weighted by Gasteiger charge is -2.11. The maximum absolute atomic E-state index is 12.3. The fourth-order valence-corrected chi connectivity index (χ4v) is 4.55. The Balaban J connectivity index is 1.61. The number of nitrogens with zero attached hydrogens (tertiary/aromatic N) is 3. The van der Waals surface area contributed by atoms with Gasteiger partial charge in [-0.2, -0.15) is 0 Å². The molecule has 0 saturated heterocycles. The number of nitrogens with one attached hydrogen (secondary N) is 1. The average molecular weight is 544 g/mol. The van der Waals surface area contributed by atoms with E-state index in [1.165, 1.54) is 11.8 Å². The molecule has 1 N–H and O–H groups in total. The summed E-state index contributed by atoms with van der Waals surface area (Å²) in [5.41, 5.74) is 2.48. The Labute approximate surface area is 203 Å². The van der Waals surface area contributed by atoms with Gasteiger partial charge in [0.2, 0.25) is 5.91 Å². The van der Waals surface area contributed by atoms with E-state index < -0.39 is 0 Å². The van der Waals surface area contributed by atoms with Crippen molar-refractivity contribution in [3.05, 3.63) is 61.8 Å². The van der Waals surface area contributed by atoms with Gasteiger partial charge in [-0.25, -0.2) is 0 Å². The molecule has 10 heteroatoms. The number of carbonyl (C=O) groups excluding carboxylic acids is 1. The van der Waals surface area contributed by atoms with E-state index in [2.05, 4.69) is 31.4 Å². The molecule has 0 unspecified atom stereocenters. The standard InChI is InChI=1S/C21H21BrCl2N4O2S/c1-4-28-18(10-30-15-7-12(2)20(24)13(3)8-15)26-27-21(28)31-11-19(29)25-17-6-5-14(22)9-16(17)23/h5-9H,4,10-11H2,1-3H3,(H,25,29). The highest BCUT2D eigenvalue weighted by Crippen LogP contribution is 2.28. The predicted octanol–water partition coefficient (Wildman–Crippen LogP) is 6.29. The smallest absolute Gasteiger partial charge is 0.234 e. The molecule has 0 aliphatic rings. The van der Waals surface area contributed by atoms with Crippen molar-refractivity contribution in [2.75, 3.05) is 11.1 Å². The summed E-state index contributed by atoms with van der Waals surface area (Å²) in [6.45, 7) is 6.81. The van der Waals surface area contributed by atoms with Crippen LogP contribution < -0.4 is 10.1 Å². The summed E-state index contributed by atoms with van der Waals surface area (Å²) in [7, 11) is 0. The number of rotatable bonds is 8. The maximum atomic E-state index is 12.3. The van der Waals surface area contributed by atoms with Gasteiger partial charge in [-0.1, -0.05) is 50.9 Å². The van der Waals surface area contributed by atoms with E-state index in [1.54, 1.807) is 12.1 Å². The van der Waals surface area contributed by atoms with Gasteiger partial charge >= 0.3 is 0 Å². The van der Waals surface area contributed by atoms with Crippen LogP contribution in [0.15, 0.2) is 40.0 Å². The molecule has 3 rings (SSSR count). The van der Waals surface area contributed by atoms with Crippen molar-refractivity contribution < 1.29 is 9.53 Å². The largest absolute Gasteiger partial charge is 0.486 e. The summed E-state index contributed by atoms with van der Waals surface area (Å²) < 4.78 is 8.68. The Morgan fingerprint density at radius 1 is 1.19 bits per heavy atom. The van der Waals surface area contributed by atoms with Crippen LogP contribution in [0.5, 0.6) is 5.75 Å². The Morgan fingerprint density at radius 3 is 2.55 bits per heavy atom. The number of thioether (sulfide) groups is 1. The molecule has 0 aliphatic carbocycles. The second-order valence-corrected chi connectivity index (χ2v) is 9.41. The first-order valence-electron chi connectivity index (χ1n) is 9.47. The minimum Gasteiger partial charge on any atom is -0.486 e.